The SMILES string of the molecule is CC(C)=O.O=[C]([Al])c1ccco1. The smallest absolute Gasteiger partial charge is 0.256 e. The summed E-state index contributed by atoms with van der Waals surface area (Å²) in [6.07, 6.45) is 1.47. The van der Waals surface area contributed by atoms with E-state index < -0.39 is 0 Å². The molecule has 0 saturated heterocycles. The Labute approximate surface area is 79.2 Å². The van der Waals surface area contributed by atoms with E-state index in [4.69, 9.17) is 4.42 Å². The van der Waals surface area contributed by atoms with E-state index in [0.717, 1.165) is 0 Å². The van der Waals surface area contributed by atoms with Gasteiger partial charge in [0, 0.05) is 0 Å². The molecule has 0 saturated carbocycles. The van der Waals surface area contributed by atoms with Crippen molar-refractivity contribution in [2.45, 2.75) is 13.8 Å². The zero-order valence-electron chi connectivity index (χ0n) is 7.03. The molecule has 12 heavy (non-hydrogen) atoms. The molecular weight excluding hydrogens is 171 g/mol. The number of furan rings is 1. The Morgan fingerprint density at radius 2 is 1.92 bits per heavy atom. The van der Waals surface area contributed by atoms with Gasteiger partial charge >= 0.3 is 0 Å². The maximum absolute atomic E-state index is 10.4. The molecule has 0 unspecified atom stereocenters. The molecular formula is C8H9AlO3. The first-order valence-electron chi connectivity index (χ1n) is 3.34. The first-order valence-corrected chi connectivity index (χ1v) is 3.92. The fourth-order valence-electron chi connectivity index (χ4n) is 0.419. The average Bonchev–Trinajstić information content (AvgIpc) is 2.34. The number of rotatable bonds is 1. The topological polar surface area (TPSA) is 47.3 Å². The van der Waals surface area contributed by atoms with Gasteiger partial charge in [-0.2, -0.15) is 0 Å². The second-order valence-electron chi connectivity index (χ2n) is 2.25. The monoisotopic (exact) mass is 180 g/mol. The molecule has 3 nitrogen and oxygen atoms in total. The summed E-state index contributed by atoms with van der Waals surface area (Å²) in [6, 6.07) is 3.30. The Kier molecular flexibility index (Phi) is 5.35. The molecule has 0 amide bonds. The summed E-state index contributed by atoms with van der Waals surface area (Å²) >= 11 is 2.03. The maximum atomic E-state index is 10.4. The lowest BCUT2D eigenvalue weighted by atomic mass is 10.5. The summed E-state index contributed by atoms with van der Waals surface area (Å²) in [5, 5.41) is 0. The van der Waals surface area contributed by atoms with E-state index in [-0.39, 0.29) is 10.4 Å². The predicted octanol–water partition coefficient (Wildman–Crippen LogP) is 1.18. The average molecular weight is 180 g/mol. The van der Waals surface area contributed by atoms with Crippen molar-refractivity contribution in [3.05, 3.63) is 24.2 Å². The Balaban J connectivity index is 0.000000261. The van der Waals surface area contributed by atoms with Crippen molar-refractivity contribution in [1.82, 2.24) is 0 Å². The van der Waals surface area contributed by atoms with Gasteiger partial charge in [0.25, 0.3) is 16.3 Å². The highest BCUT2D eigenvalue weighted by Crippen LogP contribution is 1.97. The third-order valence-electron chi connectivity index (χ3n) is 0.764. The number of hydrogen-bond acceptors (Lipinski definition) is 3. The summed E-state index contributed by atoms with van der Waals surface area (Å²) in [5.41, 5.74) is 0. The van der Waals surface area contributed by atoms with Crippen LogP contribution in [-0.4, -0.2) is 26.7 Å². The van der Waals surface area contributed by atoms with E-state index in [1.165, 1.54) is 20.1 Å². The molecule has 0 aromatic carbocycles. The fourth-order valence-corrected chi connectivity index (χ4v) is 0.583. The van der Waals surface area contributed by atoms with Gasteiger partial charge in [-0.3, -0.25) is 0 Å². The summed E-state index contributed by atoms with van der Waals surface area (Å²) in [7, 11) is 0. The lowest BCUT2D eigenvalue weighted by molar-refractivity contribution is -0.114. The molecule has 1 rings (SSSR count). The largest absolute Gasteiger partial charge is 0.463 e. The standard InChI is InChI=1S/C5H3O2.C3H6O.Al/c6-4-5-2-1-3-7-5;1-3(2)4;/h1-3H;1-2H3;. The van der Waals surface area contributed by atoms with Crippen LogP contribution < -0.4 is 0 Å². The highest BCUT2D eigenvalue weighted by molar-refractivity contribution is 6.61. The molecule has 1 heterocycles. The minimum Gasteiger partial charge on any atom is -0.463 e. The minimum atomic E-state index is -0.116. The summed E-state index contributed by atoms with van der Waals surface area (Å²) in [5.74, 6) is 0.551. The Morgan fingerprint density at radius 1 is 1.42 bits per heavy atom. The van der Waals surface area contributed by atoms with Gasteiger partial charge in [-0.05, 0) is 26.0 Å². The molecule has 4 heteroatoms. The number of hydrogen-bond donors (Lipinski definition) is 0. The van der Waals surface area contributed by atoms with E-state index >= 15 is 0 Å². The van der Waals surface area contributed by atoms with E-state index in [1.54, 1.807) is 12.1 Å². The number of ketones is 1. The Bertz CT molecular complexity index is 247. The van der Waals surface area contributed by atoms with Crippen molar-refractivity contribution < 1.29 is 14.0 Å². The van der Waals surface area contributed by atoms with E-state index in [2.05, 4.69) is 0 Å². The third-order valence-corrected chi connectivity index (χ3v) is 1.05. The van der Waals surface area contributed by atoms with Crippen LogP contribution in [0.5, 0.6) is 0 Å². The normalized spacial score (nSPS) is 8.17. The first-order chi connectivity index (χ1) is 5.54. The van der Waals surface area contributed by atoms with Crippen LogP contribution in [0.15, 0.2) is 22.8 Å². The van der Waals surface area contributed by atoms with Gasteiger partial charge in [0.2, 0.25) is 0 Å². The van der Waals surface area contributed by atoms with Crippen LogP contribution in [0.4, 0.5) is 0 Å². The van der Waals surface area contributed by atoms with Gasteiger partial charge in [0.15, 0.2) is 0 Å². The van der Waals surface area contributed by atoms with Gasteiger partial charge in [0.05, 0.1) is 10.9 Å². The molecule has 0 atom stereocenters. The molecule has 0 bridgehead atoms. The third kappa shape index (κ3) is 5.90. The zero-order chi connectivity index (χ0) is 9.56. The van der Waals surface area contributed by atoms with Gasteiger partial charge in [-0.25, -0.2) is 0 Å². The summed E-state index contributed by atoms with van der Waals surface area (Å²) in [6.45, 7) is 3.06. The van der Waals surface area contributed by atoms with Crippen LogP contribution in [0.3, 0.4) is 0 Å². The molecule has 0 N–H and O–H groups in total. The highest BCUT2D eigenvalue weighted by Gasteiger charge is 1.95. The van der Waals surface area contributed by atoms with Crippen molar-refractivity contribution in [2.24, 2.45) is 0 Å². The maximum Gasteiger partial charge on any atom is 0.256 e. The Morgan fingerprint density at radius 3 is 2.08 bits per heavy atom. The van der Waals surface area contributed by atoms with Gasteiger partial charge in [-0.1, -0.05) is 0 Å². The molecule has 0 aliphatic heterocycles. The first kappa shape index (κ1) is 11.2. The quantitative estimate of drug-likeness (QED) is 0.609. The number of Topliss-reactive ketones (excluding diaryl/α,β-unsaturated/α-hetero) is 1. The van der Waals surface area contributed by atoms with Gasteiger partial charge in [-0.15, -0.1) is 0 Å². The molecule has 2 radical (unpaired) electrons. The lowest BCUT2D eigenvalue weighted by Crippen LogP contribution is -1.92. The molecule has 0 aliphatic rings. The van der Waals surface area contributed by atoms with Crippen LogP contribution >= 0.6 is 0 Å². The fraction of sp³-hybridized carbons (Fsp3) is 0.250. The van der Waals surface area contributed by atoms with Crippen molar-refractivity contribution in [3.63, 3.8) is 0 Å². The second kappa shape index (κ2) is 5.76. The molecule has 1 aromatic heterocycles. The van der Waals surface area contributed by atoms with Crippen molar-refractivity contribution >= 4 is 26.7 Å². The molecule has 0 fully saturated rings. The number of carbonyl (C=O) groups excluding carboxylic acids is 2. The second-order valence-corrected chi connectivity index (χ2v) is 2.77. The number of carbonyl (C=O) groups is 2. The molecule has 62 valence electrons. The van der Waals surface area contributed by atoms with Crippen molar-refractivity contribution in [1.29, 1.82) is 0 Å². The van der Waals surface area contributed by atoms with E-state index in [0.29, 0.717) is 5.76 Å². The highest BCUT2D eigenvalue weighted by atomic mass is 27.0. The minimum absolute atomic E-state index is 0.116. The lowest BCUT2D eigenvalue weighted by Gasteiger charge is -1.82. The van der Waals surface area contributed by atoms with Gasteiger partial charge < -0.3 is 14.0 Å². The van der Waals surface area contributed by atoms with Gasteiger partial charge in [0.1, 0.15) is 11.5 Å². The molecule has 1 aromatic rings. The van der Waals surface area contributed by atoms with E-state index in [1.807, 2.05) is 16.3 Å². The van der Waals surface area contributed by atoms with E-state index in [9.17, 15) is 9.59 Å². The van der Waals surface area contributed by atoms with Crippen LogP contribution in [0.2, 0.25) is 0 Å². The van der Waals surface area contributed by atoms with Crippen molar-refractivity contribution in [2.75, 3.05) is 0 Å². The predicted molar refractivity (Wildman–Crippen MR) is 45.1 cm³/mol. The van der Waals surface area contributed by atoms with Crippen LogP contribution in [0.1, 0.15) is 24.4 Å². The molecule has 0 aliphatic carbocycles. The Hall–Kier alpha value is -0.848. The molecule has 0 spiro atoms. The van der Waals surface area contributed by atoms with Crippen LogP contribution in [0, 0.1) is 0 Å². The van der Waals surface area contributed by atoms with Crippen molar-refractivity contribution in [3.8, 4) is 0 Å². The summed E-state index contributed by atoms with van der Waals surface area (Å²) in [4.78, 5) is 19.8. The summed E-state index contributed by atoms with van der Waals surface area (Å²) < 4.78 is 4.61. The van der Waals surface area contributed by atoms with Crippen LogP contribution in [-0.2, 0) is 4.79 Å². The zero-order valence-corrected chi connectivity index (χ0v) is 8.19. The van der Waals surface area contributed by atoms with Crippen LogP contribution in [0.25, 0.3) is 0 Å².